The third-order valence-corrected chi connectivity index (χ3v) is 4.21. The fourth-order valence-corrected chi connectivity index (χ4v) is 2.52. The molecule has 0 saturated carbocycles. The average Bonchev–Trinajstić information content (AvgIpc) is 2.88. The Morgan fingerprint density at radius 2 is 2.00 bits per heavy atom. The smallest absolute Gasteiger partial charge is 0.240 e. The van der Waals surface area contributed by atoms with Gasteiger partial charge in [-0.3, -0.25) is 0 Å². The van der Waals surface area contributed by atoms with Crippen LogP contribution in [0.15, 0.2) is 41.6 Å². The molecule has 0 saturated heterocycles. The molecule has 19 heavy (non-hydrogen) atoms. The van der Waals surface area contributed by atoms with E-state index in [2.05, 4.69) is 9.71 Å². The monoisotopic (exact) mass is 280 g/mol. The largest absolute Gasteiger partial charge is 0.330 e. The number of benzene rings is 1. The van der Waals surface area contributed by atoms with Crippen molar-refractivity contribution in [2.45, 2.75) is 11.3 Å². The van der Waals surface area contributed by atoms with Crippen LogP contribution in [0.3, 0.4) is 0 Å². The highest BCUT2D eigenvalue weighted by molar-refractivity contribution is 7.89. The summed E-state index contributed by atoms with van der Waals surface area (Å²) in [4.78, 5) is 4.46. The SMILES string of the molecule is CNS(=O)(=O)c1ccc(-n2ccnc2CCN)cc1. The lowest BCUT2D eigenvalue weighted by molar-refractivity contribution is 0.588. The molecule has 0 aliphatic rings. The maximum atomic E-state index is 11.6. The molecule has 0 radical (unpaired) electrons. The molecule has 0 amide bonds. The van der Waals surface area contributed by atoms with E-state index in [1.807, 2.05) is 10.8 Å². The van der Waals surface area contributed by atoms with Crippen LogP contribution < -0.4 is 10.5 Å². The van der Waals surface area contributed by atoms with Gasteiger partial charge >= 0.3 is 0 Å². The molecule has 2 rings (SSSR count). The highest BCUT2D eigenvalue weighted by Gasteiger charge is 2.11. The zero-order valence-corrected chi connectivity index (χ0v) is 11.4. The van der Waals surface area contributed by atoms with Crippen molar-refractivity contribution in [3.8, 4) is 5.69 Å². The van der Waals surface area contributed by atoms with Crippen LogP contribution >= 0.6 is 0 Å². The summed E-state index contributed by atoms with van der Waals surface area (Å²) in [5, 5.41) is 0. The average molecular weight is 280 g/mol. The predicted octanol–water partition coefficient (Wildman–Crippen LogP) is 0.282. The van der Waals surface area contributed by atoms with Gasteiger partial charge in [-0.15, -0.1) is 0 Å². The first-order valence-corrected chi connectivity index (χ1v) is 7.33. The quantitative estimate of drug-likeness (QED) is 0.823. The predicted molar refractivity (Wildman–Crippen MR) is 72.6 cm³/mol. The molecule has 0 atom stereocenters. The normalized spacial score (nSPS) is 11.7. The van der Waals surface area contributed by atoms with Crippen molar-refractivity contribution in [2.24, 2.45) is 5.73 Å². The minimum Gasteiger partial charge on any atom is -0.330 e. The fraction of sp³-hybridized carbons (Fsp3) is 0.250. The standard InChI is InChI=1S/C12H16N4O2S/c1-14-19(17,18)11-4-2-10(3-5-11)16-9-8-15-12(16)6-7-13/h2-5,8-9,14H,6-7,13H2,1H3. The van der Waals surface area contributed by atoms with Gasteiger partial charge in [0.25, 0.3) is 0 Å². The Bertz CT molecular complexity index is 647. The number of rotatable bonds is 5. The fourth-order valence-electron chi connectivity index (χ4n) is 1.79. The summed E-state index contributed by atoms with van der Waals surface area (Å²) in [6.07, 6.45) is 4.19. The van der Waals surface area contributed by atoms with Crippen LogP contribution in [0.25, 0.3) is 5.69 Å². The molecule has 1 heterocycles. The van der Waals surface area contributed by atoms with Crippen molar-refractivity contribution >= 4 is 10.0 Å². The Labute approximate surface area is 112 Å². The topological polar surface area (TPSA) is 90.0 Å². The lowest BCUT2D eigenvalue weighted by Gasteiger charge is -2.08. The van der Waals surface area contributed by atoms with Crippen molar-refractivity contribution in [3.63, 3.8) is 0 Å². The zero-order valence-electron chi connectivity index (χ0n) is 10.6. The van der Waals surface area contributed by atoms with E-state index in [0.29, 0.717) is 13.0 Å². The minimum atomic E-state index is -3.40. The van der Waals surface area contributed by atoms with Gasteiger partial charge in [-0.1, -0.05) is 0 Å². The highest BCUT2D eigenvalue weighted by Crippen LogP contribution is 2.15. The van der Waals surface area contributed by atoms with Crippen LogP contribution in [-0.2, 0) is 16.4 Å². The van der Waals surface area contributed by atoms with Crippen LogP contribution in [0, 0.1) is 0 Å². The number of aromatic nitrogens is 2. The van der Waals surface area contributed by atoms with Gasteiger partial charge in [0.2, 0.25) is 10.0 Å². The van der Waals surface area contributed by atoms with Crippen molar-refractivity contribution in [3.05, 3.63) is 42.5 Å². The maximum Gasteiger partial charge on any atom is 0.240 e. The number of imidazole rings is 1. The van der Waals surface area contributed by atoms with Gasteiger partial charge in [0, 0.05) is 24.5 Å². The van der Waals surface area contributed by atoms with E-state index in [1.165, 1.54) is 7.05 Å². The number of nitrogens with one attached hydrogen (secondary N) is 1. The summed E-state index contributed by atoms with van der Waals surface area (Å²) in [7, 11) is -2.01. The van der Waals surface area contributed by atoms with E-state index in [-0.39, 0.29) is 4.90 Å². The van der Waals surface area contributed by atoms with Gasteiger partial charge in [0.1, 0.15) is 5.82 Å². The number of nitrogens with zero attached hydrogens (tertiary/aromatic N) is 2. The molecule has 1 aromatic carbocycles. The molecular formula is C12H16N4O2S. The van der Waals surface area contributed by atoms with Crippen LogP contribution in [0.4, 0.5) is 0 Å². The minimum absolute atomic E-state index is 0.235. The van der Waals surface area contributed by atoms with Crippen LogP contribution in [-0.4, -0.2) is 31.6 Å². The number of sulfonamides is 1. The Hall–Kier alpha value is -1.70. The van der Waals surface area contributed by atoms with Gasteiger partial charge in [0.05, 0.1) is 4.90 Å². The summed E-state index contributed by atoms with van der Waals surface area (Å²) >= 11 is 0. The molecule has 0 bridgehead atoms. The molecular weight excluding hydrogens is 264 g/mol. The van der Waals surface area contributed by atoms with E-state index in [1.54, 1.807) is 30.5 Å². The molecule has 0 fully saturated rings. The Balaban J connectivity index is 2.35. The van der Waals surface area contributed by atoms with Crippen molar-refractivity contribution in [2.75, 3.05) is 13.6 Å². The lowest BCUT2D eigenvalue weighted by atomic mass is 10.3. The molecule has 1 aromatic heterocycles. The van der Waals surface area contributed by atoms with E-state index < -0.39 is 10.0 Å². The number of nitrogens with two attached hydrogens (primary N) is 1. The van der Waals surface area contributed by atoms with Gasteiger partial charge < -0.3 is 10.3 Å². The Morgan fingerprint density at radius 1 is 1.32 bits per heavy atom. The Morgan fingerprint density at radius 3 is 2.58 bits per heavy atom. The van der Waals surface area contributed by atoms with Gasteiger partial charge in [-0.2, -0.15) is 0 Å². The zero-order chi connectivity index (χ0) is 13.9. The summed E-state index contributed by atoms with van der Waals surface area (Å²) < 4.78 is 27.4. The number of hydrogen-bond acceptors (Lipinski definition) is 4. The van der Waals surface area contributed by atoms with Crippen LogP contribution in [0.5, 0.6) is 0 Å². The molecule has 6 nitrogen and oxygen atoms in total. The molecule has 2 aromatic rings. The second kappa shape index (κ2) is 5.52. The first kappa shape index (κ1) is 13.7. The molecule has 0 aliphatic heterocycles. The Kier molecular flexibility index (Phi) is 3.98. The first-order chi connectivity index (χ1) is 9.08. The third-order valence-electron chi connectivity index (χ3n) is 2.78. The highest BCUT2D eigenvalue weighted by atomic mass is 32.2. The van der Waals surface area contributed by atoms with E-state index in [9.17, 15) is 8.42 Å². The molecule has 0 unspecified atom stereocenters. The summed E-state index contributed by atoms with van der Waals surface area (Å²) in [6.45, 7) is 0.517. The van der Waals surface area contributed by atoms with Gasteiger partial charge in [0.15, 0.2) is 0 Å². The molecule has 3 N–H and O–H groups in total. The molecule has 0 aliphatic carbocycles. The van der Waals surface area contributed by atoms with Gasteiger partial charge in [-0.05, 0) is 37.9 Å². The molecule has 102 valence electrons. The first-order valence-electron chi connectivity index (χ1n) is 5.85. The van der Waals surface area contributed by atoms with Crippen molar-refractivity contribution < 1.29 is 8.42 Å². The second-order valence-corrected chi connectivity index (χ2v) is 5.84. The molecule has 7 heteroatoms. The lowest BCUT2D eigenvalue weighted by Crippen LogP contribution is -2.18. The van der Waals surface area contributed by atoms with Crippen LogP contribution in [0.2, 0.25) is 0 Å². The van der Waals surface area contributed by atoms with Crippen LogP contribution in [0.1, 0.15) is 5.82 Å². The van der Waals surface area contributed by atoms with E-state index in [4.69, 9.17) is 5.73 Å². The second-order valence-electron chi connectivity index (χ2n) is 3.95. The maximum absolute atomic E-state index is 11.6. The van der Waals surface area contributed by atoms with Gasteiger partial charge in [-0.25, -0.2) is 18.1 Å². The van der Waals surface area contributed by atoms with E-state index in [0.717, 1.165) is 11.5 Å². The molecule has 0 spiro atoms. The summed E-state index contributed by atoms with van der Waals surface area (Å²) in [5.41, 5.74) is 6.38. The third kappa shape index (κ3) is 2.83. The van der Waals surface area contributed by atoms with Crippen molar-refractivity contribution in [1.82, 2.24) is 14.3 Å². The van der Waals surface area contributed by atoms with Crippen molar-refractivity contribution in [1.29, 1.82) is 0 Å². The summed E-state index contributed by atoms with van der Waals surface area (Å²) in [6, 6.07) is 6.61. The number of hydrogen-bond donors (Lipinski definition) is 2. The van der Waals surface area contributed by atoms with E-state index >= 15 is 0 Å². The summed E-state index contributed by atoms with van der Waals surface area (Å²) in [5.74, 6) is 0.853.